The quantitative estimate of drug-likeness (QED) is 0.705. The van der Waals surface area contributed by atoms with Gasteiger partial charge in [0.05, 0.1) is 22.6 Å². The molecule has 9 heteroatoms. The van der Waals surface area contributed by atoms with Gasteiger partial charge in [-0.3, -0.25) is 4.79 Å². The number of ether oxygens (including phenoxy) is 2. The number of rotatable bonds is 6. The molecule has 0 aromatic heterocycles. The van der Waals surface area contributed by atoms with E-state index in [9.17, 15) is 13.2 Å². The third kappa shape index (κ3) is 5.03. The minimum absolute atomic E-state index is 0.0105. The minimum atomic E-state index is -3.10. The molecule has 0 radical (unpaired) electrons. The van der Waals surface area contributed by atoms with E-state index in [2.05, 4.69) is 0 Å². The Labute approximate surface area is 163 Å². The maximum absolute atomic E-state index is 12.8. The molecule has 3 rings (SSSR count). The van der Waals surface area contributed by atoms with Gasteiger partial charge < -0.3 is 14.4 Å². The molecule has 1 aromatic rings. The van der Waals surface area contributed by atoms with Gasteiger partial charge in [-0.1, -0.05) is 23.2 Å². The first-order valence-corrected chi connectivity index (χ1v) is 11.1. The van der Waals surface area contributed by atoms with Gasteiger partial charge in [0.1, 0.15) is 5.75 Å². The Morgan fingerprint density at radius 1 is 1.31 bits per heavy atom. The fourth-order valence-electron chi connectivity index (χ4n) is 3.29. The van der Waals surface area contributed by atoms with Crippen molar-refractivity contribution in [1.29, 1.82) is 0 Å². The summed E-state index contributed by atoms with van der Waals surface area (Å²) in [4.78, 5) is 14.4. The Hall–Kier alpha value is -1.02. The average molecular weight is 422 g/mol. The number of amides is 1. The number of nitrogens with zero attached hydrogens (tertiary/aromatic N) is 1. The van der Waals surface area contributed by atoms with Crippen LogP contribution >= 0.6 is 23.2 Å². The summed E-state index contributed by atoms with van der Waals surface area (Å²) >= 11 is 12.0. The van der Waals surface area contributed by atoms with E-state index >= 15 is 0 Å². The van der Waals surface area contributed by atoms with Gasteiger partial charge in [-0.05, 0) is 31.4 Å². The van der Waals surface area contributed by atoms with Crippen LogP contribution in [0.15, 0.2) is 18.2 Å². The predicted molar refractivity (Wildman–Crippen MR) is 99.7 cm³/mol. The monoisotopic (exact) mass is 421 g/mol. The number of carbonyl (C=O) groups is 1. The number of sulfone groups is 1. The van der Waals surface area contributed by atoms with Crippen LogP contribution < -0.4 is 4.74 Å². The molecule has 0 aliphatic carbocycles. The highest BCUT2D eigenvalue weighted by atomic mass is 35.5. The van der Waals surface area contributed by atoms with E-state index in [0.29, 0.717) is 35.4 Å². The van der Waals surface area contributed by atoms with Crippen LogP contribution in [0.1, 0.15) is 19.3 Å². The molecule has 26 heavy (non-hydrogen) atoms. The van der Waals surface area contributed by atoms with Crippen molar-refractivity contribution >= 4 is 38.9 Å². The number of hydrogen-bond donors (Lipinski definition) is 0. The molecule has 2 aliphatic heterocycles. The van der Waals surface area contributed by atoms with Gasteiger partial charge in [0.25, 0.3) is 5.91 Å². The van der Waals surface area contributed by atoms with Crippen LogP contribution in [0.25, 0.3) is 0 Å². The second-order valence-corrected chi connectivity index (χ2v) is 9.67. The molecule has 0 saturated carbocycles. The van der Waals surface area contributed by atoms with Crippen molar-refractivity contribution in [3.05, 3.63) is 28.2 Å². The van der Waals surface area contributed by atoms with Gasteiger partial charge in [0.2, 0.25) is 0 Å². The molecule has 2 heterocycles. The third-order valence-electron chi connectivity index (χ3n) is 4.64. The number of halogens is 2. The highest BCUT2D eigenvalue weighted by Gasteiger charge is 2.36. The van der Waals surface area contributed by atoms with E-state index in [0.717, 1.165) is 12.8 Å². The zero-order chi connectivity index (χ0) is 18.7. The largest absolute Gasteiger partial charge is 0.482 e. The fraction of sp³-hybridized carbons (Fsp3) is 0.588. The summed E-state index contributed by atoms with van der Waals surface area (Å²) in [6.07, 6.45) is 2.20. The Morgan fingerprint density at radius 3 is 2.77 bits per heavy atom. The molecule has 0 unspecified atom stereocenters. The van der Waals surface area contributed by atoms with Gasteiger partial charge in [-0.2, -0.15) is 0 Å². The van der Waals surface area contributed by atoms with Crippen LogP contribution in [0.3, 0.4) is 0 Å². The first kappa shape index (κ1) is 19.7. The maximum Gasteiger partial charge on any atom is 0.260 e. The predicted octanol–water partition coefficient (Wildman–Crippen LogP) is 2.57. The van der Waals surface area contributed by atoms with E-state index in [1.807, 2.05) is 0 Å². The number of benzene rings is 1. The van der Waals surface area contributed by atoms with Gasteiger partial charge >= 0.3 is 0 Å². The highest BCUT2D eigenvalue weighted by molar-refractivity contribution is 7.91. The Morgan fingerprint density at radius 2 is 2.12 bits per heavy atom. The van der Waals surface area contributed by atoms with Gasteiger partial charge in [0.15, 0.2) is 16.4 Å². The number of carbonyl (C=O) groups excluding carboxylic acids is 1. The van der Waals surface area contributed by atoms with Crippen molar-refractivity contribution in [2.24, 2.45) is 0 Å². The summed E-state index contributed by atoms with van der Waals surface area (Å²) in [5.41, 5.74) is 0. The van der Waals surface area contributed by atoms with Crippen molar-refractivity contribution < 1.29 is 22.7 Å². The van der Waals surface area contributed by atoms with Crippen molar-refractivity contribution in [2.45, 2.75) is 31.4 Å². The molecular formula is C17H21Cl2NO5S. The maximum atomic E-state index is 12.8. The van der Waals surface area contributed by atoms with E-state index in [-0.39, 0.29) is 36.2 Å². The lowest BCUT2D eigenvalue weighted by Gasteiger charge is -2.30. The van der Waals surface area contributed by atoms with Crippen molar-refractivity contribution in [3.8, 4) is 5.75 Å². The molecule has 2 atom stereocenters. The molecule has 2 fully saturated rings. The normalized spacial score (nSPS) is 24.5. The molecule has 0 spiro atoms. The minimum Gasteiger partial charge on any atom is -0.482 e. The average Bonchev–Trinajstić information content (AvgIpc) is 3.22. The van der Waals surface area contributed by atoms with Gasteiger partial charge in [-0.25, -0.2) is 8.42 Å². The second kappa shape index (κ2) is 8.33. The van der Waals surface area contributed by atoms with E-state index in [4.69, 9.17) is 32.7 Å². The van der Waals surface area contributed by atoms with Crippen LogP contribution in [0.2, 0.25) is 10.0 Å². The van der Waals surface area contributed by atoms with Crippen LogP contribution in [-0.4, -0.2) is 62.6 Å². The standard InChI is InChI=1S/C17H21Cl2NO5S/c18-12-3-4-15(19)16(8-12)25-10-17(21)20(9-14-2-1-6-24-14)13-5-7-26(22,23)11-13/h3-4,8,13-14H,1-2,5-7,9-11H2/t13-,14-/m0/s1. The first-order valence-electron chi connectivity index (χ1n) is 8.53. The summed E-state index contributed by atoms with van der Waals surface area (Å²) in [7, 11) is -3.10. The highest BCUT2D eigenvalue weighted by Crippen LogP contribution is 2.28. The van der Waals surface area contributed by atoms with Crippen LogP contribution in [0.5, 0.6) is 5.75 Å². The molecule has 1 amide bonds. The second-order valence-electron chi connectivity index (χ2n) is 6.60. The topological polar surface area (TPSA) is 72.9 Å². The summed E-state index contributed by atoms with van der Waals surface area (Å²) in [5.74, 6) is 0.138. The molecular weight excluding hydrogens is 401 g/mol. The Kier molecular flexibility index (Phi) is 6.33. The Balaban J connectivity index is 1.68. The van der Waals surface area contributed by atoms with Crippen molar-refractivity contribution in [2.75, 3.05) is 31.3 Å². The van der Waals surface area contributed by atoms with Gasteiger partial charge in [-0.15, -0.1) is 0 Å². The summed E-state index contributed by atoms with van der Waals surface area (Å²) in [6.45, 7) is 0.819. The smallest absolute Gasteiger partial charge is 0.260 e. The Bertz CT molecular complexity index is 764. The van der Waals surface area contributed by atoms with Crippen LogP contribution in [-0.2, 0) is 19.4 Å². The van der Waals surface area contributed by atoms with Gasteiger partial charge in [0, 0.05) is 30.3 Å². The molecule has 0 bridgehead atoms. The van der Waals surface area contributed by atoms with Crippen molar-refractivity contribution in [1.82, 2.24) is 4.90 Å². The molecule has 2 aliphatic rings. The molecule has 0 N–H and O–H groups in total. The molecule has 2 saturated heterocycles. The van der Waals surface area contributed by atoms with E-state index < -0.39 is 9.84 Å². The summed E-state index contributed by atoms with van der Waals surface area (Å²) in [5, 5.41) is 0.811. The zero-order valence-corrected chi connectivity index (χ0v) is 16.5. The van der Waals surface area contributed by atoms with Crippen LogP contribution in [0, 0.1) is 0 Å². The lowest BCUT2D eigenvalue weighted by Crippen LogP contribution is -2.47. The number of hydrogen-bond acceptors (Lipinski definition) is 5. The molecule has 1 aromatic carbocycles. The third-order valence-corrected chi connectivity index (χ3v) is 6.94. The summed E-state index contributed by atoms with van der Waals surface area (Å²) in [6, 6.07) is 4.43. The molecule has 144 valence electrons. The zero-order valence-electron chi connectivity index (χ0n) is 14.2. The SMILES string of the molecule is O=C(COc1cc(Cl)ccc1Cl)N(C[C@@H]1CCCO1)[C@H]1CCS(=O)(=O)C1. The van der Waals surface area contributed by atoms with E-state index in [1.165, 1.54) is 0 Å². The van der Waals surface area contributed by atoms with Crippen molar-refractivity contribution in [3.63, 3.8) is 0 Å². The molecule has 6 nitrogen and oxygen atoms in total. The first-order chi connectivity index (χ1) is 12.3. The lowest BCUT2D eigenvalue weighted by atomic mass is 10.1. The van der Waals surface area contributed by atoms with E-state index in [1.54, 1.807) is 23.1 Å². The fourth-order valence-corrected chi connectivity index (χ4v) is 5.36. The summed E-state index contributed by atoms with van der Waals surface area (Å²) < 4.78 is 34.8. The lowest BCUT2D eigenvalue weighted by molar-refractivity contribution is -0.137. The van der Waals surface area contributed by atoms with Crippen LogP contribution in [0.4, 0.5) is 0 Å².